The van der Waals surface area contributed by atoms with Crippen molar-refractivity contribution in [3.8, 4) is 0 Å². The predicted octanol–water partition coefficient (Wildman–Crippen LogP) is 8.51. The minimum Gasteiger partial charge on any atom is -0.462 e. The number of quaternary nitrogens is 1. The molecular weight excluding hydrogens is 569 g/mol. The van der Waals surface area contributed by atoms with Crippen LogP contribution < -0.4 is 0 Å². The number of hydrogen-bond donors (Lipinski definition) is 1. The van der Waals surface area contributed by atoms with Gasteiger partial charge in [-0.15, -0.1) is 0 Å². The summed E-state index contributed by atoms with van der Waals surface area (Å²) < 4.78 is 33.7. The second-order valence-corrected chi connectivity index (χ2v) is 14.4. The van der Waals surface area contributed by atoms with Crippen molar-refractivity contribution in [3.63, 3.8) is 0 Å². The molecule has 10 heteroatoms. The second kappa shape index (κ2) is 27.3. The van der Waals surface area contributed by atoms with Gasteiger partial charge in [0.05, 0.1) is 27.7 Å². The zero-order valence-corrected chi connectivity index (χ0v) is 29.3. The van der Waals surface area contributed by atoms with E-state index in [1.54, 1.807) is 0 Å². The molecule has 0 aliphatic heterocycles. The van der Waals surface area contributed by atoms with E-state index >= 15 is 0 Å². The molecule has 0 fully saturated rings. The molecule has 43 heavy (non-hydrogen) atoms. The van der Waals surface area contributed by atoms with Crippen LogP contribution >= 0.6 is 7.82 Å². The monoisotopic (exact) mass is 636 g/mol. The zero-order chi connectivity index (χ0) is 32.2. The maximum Gasteiger partial charge on any atom is 0.472 e. The molecule has 1 N–H and O–H groups in total. The number of ether oxygens (including phenoxy) is 2. The molecule has 2 unspecified atom stereocenters. The van der Waals surface area contributed by atoms with Gasteiger partial charge in [-0.1, -0.05) is 123 Å². The van der Waals surface area contributed by atoms with E-state index in [9.17, 15) is 19.0 Å². The first-order valence-electron chi connectivity index (χ1n) is 17.3. The molecular formula is C33H67NO8P+. The van der Waals surface area contributed by atoms with Crippen LogP contribution in [0.1, 0.15) is 149 Å². The third-order valence-electron chi connectivity index (χ3n) is 7.39. The van der Waals surface area contributed by atoms with Gasteiger partial charge in [-0.25, -0.2) is 4.57 Å². The summed E-state index contributed by atoms with van der Waals surface area (Å²) in [5.41, 5.74) is 0. The summed E-state index contributed by atoms with van der Waals surface area (Å²) in [6.45, 7) is 4.23. The van der Waals surface area contributed by atoms with Crippen LogP contribution in [0.3, 0.4) is 0 Å². The van der Waals surface area contributed by atoms with Gasteiger partial charge in [0.25, 0.3) is 0 Å². The first-order chi connectivity index (χ1) is 20.5. The van der Waals surface area contributed by atoms with Crippen molar-refractivity contribution in [3.05, 3.63) is 0 Å². The van der Waals surface area contributed by atoms with E-state index in [1.165, 1.54) is 83.5 Å². The van der Waals surface area contributed by atoms with E-state index in [0.717, 1.165) is 32.1 Å². The van der Waals surface area contributed by atoms with Gasteiger partial charge in [0.15, 0.2) is 6.10 Å². The van der Waals surface area contributed by atoms with Crippen molar-refractivity contribution < 1.29 is 42.1 Å². The highest BCUT2D eigenvalue weighted by molar-refractivity contribution is 7.47. The van der Waals surface area contributed by atoms with Gasteiger partial charge in [0, 0.05) is 12.8 Å². The van der Waals surface area contributed by atoms with E-state index in [2.05, 4.69) is 6.92 Å². The highest BCUT2D eigenvalue weighted by atomic mass is 31.2. The lowest BCUT2D eigenvalue weighted by Crippen LogP contribution is -2.37. The van der Waals surface area contributed by atoms with Crippen LogP contribution in [0.25, 0.3) is 0 Å². The molecule has 2 atom stereocenters. The molecule has 0 spiro atoms. The maximum atomic E-state index is 12.5. The average Bonchev–Trinajstić information content (AvgIpc) is 2.93. The van der Waals surface area contributed by atoms with Crippen LogP contribution in [0.15, 0.2) is 0 Å². The average molecular weight is 637 g/mol. The van der Waals surface area contributed by atoms with E-state index in [0.29, 0.717) is 17.4 Å². The first kappa shape index (κ1) is 42.0. The Bertz CT molecular complexity index is 728. The number of likely N-dealkylation sites (N-methyl/N-ethyl adjacent to an activating group) is 1. The van der Waals surface area contributed by atoms with Crippen LogP contribution in [-0.4, -0.2) is 74.9 Å². The number of carbonyl (C=O) groups excluding carboxylic acids is 2. The van der Waals surface area contributed by atoms with Crippen molar-refractivity contribution in [2.24, 2.45) is 0 Å². The van der Waals surface area contributed by atoms with Crippen LogP contribution in [0, 0.1) is 0 Å². The molecule has 0 amide bonds. The molecule has 0 saturated carbocycles. The number of carbonyl (C=O) groups is 2. The number of phosphoric ester groups is 1. The highest BCUT2D eigenvalue weighted by Gasteiger charge is 2.27. The van der Waals surface area contributed by atoms with Crippen LogP contribution in [0.4, 0.5) is 0 Å². The van der Waals surface area contributed by atoms with Crippen molar-refractivity contribution in [2.75, 3.05) is 47.5 Å². The Morgan fingerprint density at radius 2 is 1.05 bits per heavy atom. The second-order valence-electron chi connectivity index (χ2n) is 12.9. The Morgan fingerprint density at radius 3 is 1.53 bits per heavy atom. The van der Waals surface area contributed by atoms with Crippen molar-refractivity contribution in [2.45, 2.75) is 155 Å². The molecule has 0 aromatic rings. The number of phosphoric acid groups is 1. The smallest absolute Gasteiger partial charge is 0.462 e. The standard InChI is InChI=1S/C33H66NO8P/c1-6-8-10-11-12-13-14-15-16-17-18-19-20-21-22-24-26-33(36)42-31(29-39-32(35)25-23-9-7-2)30-41-43(37,38)40-28-27-34(3,4)5/h31H,6-30H2,1-5H3/p+1. The Kier molecular flexibility index (Phi) is 26.7. The summed E-state index contributed by atoms with van der Waals surface area (Å²) in [5, 5.41) is 0. The molecule has 0 heterocycles. The highest BCUT2D eigenvalue weighted by Crippen LogP contribution is 2.43. The lowest BCUT2D eigenvalue weighted by atomic mass is 10.0. The summed E-state index contributed by atoms with van der Waals surface area (Å²) in [7, 11) is 1.48. The fourth-order valence-corrected chi connectivity index (χ4v) is 5.34. The van der Waals surface area contributed by atoms with Crippen LogP contribution in [0.2, 0.25) is 0 Å². The molecule has 0 aromatic heterocycles. The lowest BCUT2D eigenvalue weighted by molar-refractivity contribution is -0.870. The topological polar surface area (TPSA) is 108 Å². The van der Waals surface area contributed by atoms with E-state index in [4.69, 9.17) is 18.5 Å². The third-order valence-corrected chi connectivity index (χ3v) is 8.37. The molecule has 0 saturated heterocycles. The summed E-state index contributed by atoms with van der Waals surface area (Å²) in [6, 6.07) is 0. The van der Waals surface area contributed by atoms with Gasteiger partial charge in [-0.2, -0.15) is 0 Å². The van der Waals surface area contributed by atoms with E-state index in [1.807, 2.05) is 28.1 Å². The molecule has 0 aliphatic rings. The van der Waals surface area contributed by atoms with Crippen LogP contribution in [0.5, 0.6) is 0 Å². The molecule has 0 rings (SSSR count). The van der Waals surface area contributed by atoms with Crippen molar-refractivity contribution in [1.29, 1.82) is 0 Å². The molecule has 0 radical (unpaired) electrons. The summed E-state index contributed by atoms with van der Waals surface area (Å²) in [6.07, 6.45) is 22.3. The molecule has 0 aromatic carbocycles. The van der Waals surface area contributed by atoms with Gasteiger partial charge in [0.1, 0.15) is 19.8 Å². The SMILES string of the molecule is CCCCCCCCCCCCCCCCCCC(=O)OC(COC(=O)CCCCC)COP(=O)(O)OCC[N+](C)(C)C. The van der Waals surface area contributed by atoms with Crippen LogP contribution in [-0.2, 0) is 32.7 Å². The zero-order valence-electron chi connectivity index (χ0n) is 28.5. The van der Waals surface area contributed by atoms with Gasteiger partial charge in [0.2, 0.25) is 0 Å². The van der Waals surface area contributed by atoms with Crippen molar-refractivity contribution >= 4 is 19.8 Å². The number of nitrogens with zero attached hydrogens (tertiary/aromatic N) is 1. The molecule has 9 nitrogen and oxygen atoms in total. The minimum absolute atomic E-state index is 0.0351. The minimum atomic E-state index is -4.34. The third kappa shape index (κ3) is 30.8. The van der Waals surface area contributed by atoms with Gasteiger partial charge < -0.3 is 18.9 Å². The molecule has 0 bridgehead atoms. The van der Waals surface area contributed by atoms with Gasteiger partial charge >= 0.3 is 19.8 Å². The Hall–Kier alpha value is -0.990. The normalized spacial score (nSPS) is 13.9. The van der Waals surface area contributed by atoms with E-state index < -0.39 is 32.5 Å². The fourth-order valence-electron chi connectivity index (χ4n) is 4.60. The fraction of sp³-hybridized carbons (Fsp3) is 0.939. The van der Waals surface area contributed by atoms with Crippen molar-refractivity contribution in [1.82, 2.24) is 0 Å². The molecule has 256 valence electrons. The molecule has 0 aliphatic carbocycles. The number of esters is 2. The Labute approximate surface area is 264 Å². The predicted molar refractivity (Wildman–Crippen MR) is 174 cm³/mol. The quantitative estimate of drug-likeness (QED) is 0.0349. The first-order valence-corrected chi connectivity index (χ1v) is 18.8. The summed E-state index contributed by atoms with van der Waals surface area (Å²) >= 11 is 0. The summed E-state index contributed by atoms with van der Waals surface area (Å²) in [5.74, 6) is -0.821. The number of hydrogen-bond acceptors (Lipinski definition) is 7. The van der Waals surface area contributed by atoms with Gasteiger partial charge in [-0.3, -0.25) is 18.6 Å². The van der Waals surface area contributed by atoms with Gasteiger partial charge in [-0.05, 0) is 12.8 Å². The maximum absolute atomic E-state index is 12.5. The Morgan fingerprint density at radius 1 is 0.628 bits per heavy atom. The van der Waals surface area contributed by atoms with E-state index in [-0.39, 0.29) is 26.1 Å². The Balaban J connectivity index is 4.21. The largest absolute Gasteiger partial charge is 0.472 e. The lowest BCUT2D eigenvalue weighted by Gasteiger charge is -2.24. The number of rotatable bonds is 31. The summed E-state index contributed by atoms with van der Waals surface area (Å²) in [4.78, 5) is 34.6. The number of unbranched alkanes of at least 4 members (excludes halogenated alkanes) is 17.